The Morgan fingerprint density at radius 2 is 1.79 bits per heavy atom. The van der Waals surface area contributed by atoms with Crippen molar-refractivity contribution in [1.29, 1.82) is 0 Å². The number of benzene rings is 2. The van der Waals surface area contributed by atoms with E-state index in [0.29, 0.717) is 18.1 Å². The van der Waals surface area contributed by atoms with Crippen molar-refractivity contribution < 1.29 is 9.53 Å². The van der Waals surface area contributed by atoms with Gasteiger partial charge in [-0.15, -0.1) is 0 Å². The number of hydrogen-bond donors (Lipinski definition) is 1. The summed E-state index contributed by atoms with van der Waals surface area (Å²) in [6.45, 7) is 8.23. The fraction of sp³-hybridized carbons (Fsp3) is 0.435. The van der Waals surface area contributed by atoms with E-state index in [1.54, 1.807) is 0 Å². The van der Waals surface area contributed by atoms with Crippen LogP contribution in [0, 0.1) is 0 Å². The number of morpholine rings is 1. The Bertz CT molecular complexity index is 748. The standard InChI is InChI=1S/C23H30ClN3O2/c1-19(16-26-11-13-29-14-12-26)27(17-21-5-3-2-4-6-21)18-23(28)25-15-20-7-9-22(24)10-8-20/h2-10,19H,11-18H2,1H3,(H,25,28). The molecule has 0 radical (unpaired) electrons. The number of hydrogen-bond acceptors (Lipinski definition) is 4. The summed E-state index contributed by atoms with van der Waals surface area (Å²) in [7, 11) is 0. The fourth-order valence-corrected chi connectivity index (χ4v) is 3.63. The highest BCUT2D eigenvalue weighted by atomic mass is 35.5. The van der Waals surface area contributed by atoms with Crippen molar-refractivity contribution in [2.75, 3.05) is 39.4 Å². The van der Waals surface area contributed by atoms with Gasteiger partial charge in [-0.2, -0.15) is 0 Å². The van der Waals surface area contributed by atoms with Crippen LogP contribution in [0.4, 0.5) is 0 Å². The number of amides is 1. The highest BCUT2D eigenvalue weighted by Crippen LogP contribution is 2.12. The summed E-state index contributed by atoms with van der Waals surface area (Å²) in [5.74, 6) is 0.0321. The van der Waals surface area contributed by atoms with E-state index in [4.69, 9.17) is 16.3 Å². The maximum Gasteiger partial charge on any atom is 0.234 e. The van der Waals surface area contributed by atoms with Gasteiger partial charge in [0.05, 0.1) is 19.8 Å². The minimum absolute atomic E-state index is 0.0321. The first-order valence-electron chi connectivity index (χ1n) is 10.2. The first-order chi connectivity index (χ1) is 14.1. The van der Waals surface area contributed by atoms with E-state index in [-0.39, 0.29) is 11.9 Å². The Labute approximate surface area is 178 Å². The lowest BCUT2D eigenvalue weighted by Crippen LogP contribution is -2.48. The van der Waals surface area contributed by atoms with Crippen molar-refractivity contribution >= 4 is 17.5 Å². The zero-order valence-electron chi connectivity index (χ0n) is 17.0. The minimum Gasteiger partial charge on any atom is -0.379 e. The van der Waals surface area contributed by atoms with E-state index in [2.05, 4.69) is 34.2 Å². The molecule has 2 aromatic rings. The van der Waals surface area contributed by atoms with Crippen LogP contribution in [-0.2, 0) is 22.6 Å². The smallest absolute Gasteiger partial charge is 0.234 e. The van der Waals surface area contributed by atoms with E-state index >= 15 is 0 Å². The van der Waals surface area contributed by atoms with Crippen LogP contribution in [0.3, 0.4) is 0 Å². The number of halogens is 1. The molecule has 1 saturated heterocycles. The van der Waals surface area contributed by atoms with Crippen molar-refractivity contribution in [1.82, 2.24) is 15.1 Å². The second-order valence-corrected chi connectivity index (χ2v) is 7.99. The summed E-state index contributed by atoms with van der Waals surface area (Å²) in [6, 6.07) is 18.1. The molecule has 1 fully saturated rings. The second kappa shape index (κ2) is 11.3. The first-order valence-corrected chi connectivity index (χ1v) is 10.6. The predicted octanol–water partition coefficient (Wildman–Crippen LogP) is 3.18. The number of carbonyl (C=O) groups is 1. The molecule has 29 heavy (non-hydrogen) atoms. The highest BCUT2D eigenvalue weighted by Gasteiger charge is 2.21. The van der Waals surface area contributed by atoms with Gasteiger partial charge in [0.2, 0.25) is 5.91 Å². The Morgan fingerprint density at radius 3 is 2.48 bits per heavy atom. The third-order valence-corrected chi connectivity index (χ3v) is 5.48. The normalized spacial score (nSPS) is 16.0. The summed E-state index contributed by atoms with van der Waals surface area (Å²) in [4.78, 5) is 17.3. The first kappa shape index (κ1) is 21.8. The molecule has 1 N–H and O–H groups in total. The molecular weight excluding hydrogens is 386 g/mol. The topological polar surface area (TPSA) is 44.8 Å². The van der Waals surface area contributed by atoms with E-state index in [9.17, 15) is 4.79 Å². The molecule has 0 aliphatic carbocycles. The van der Waals surface area contributed by atoms with Gasteiger partial charge in [0.1, 0.15) is 0 Å². The van der Waals surface area contributed by atoms with Crippen molar-refractivity contribution in [3.8, 4) is 0 Å². The van der Waals surface area contributed by atoms with Gasteiger partial charge in [-0.25, -0.2) is 0 Å². The number of nitrogens with zero attached hydrogens (tertiary/aromatic N) is 2. The van der Waals surface area contributed by atoms with E-state index in [0.717, 1.165) is 45.0 Å². The number of carbonyl (C=O) groups excluding carboxylic acids is 1. The van der Waals surface area contributed by atoms with Crippen LogP contribution in [-0.4, -0.2) is 61.1 Å². The molecule has 1 aliphatic rings. The largest absolute Gasteiger partial charge is 0.379 e. The maximum atomic E-state index is 12.7. The average Bonchev–Trinajstić information content (AvgIpc) is 2.74. The lowest BCUT2D eigenvalue weighted by Gasteiger charge is -2.34. The Morgan fingerprint density at radius 1 is 1.10 bits per heavy atom. The molecule has 3 rings (SSSR count). The second-order valence-electron chi connectivity index (χ2n) is 7.56. The highest BCUT2D eigenvalue weighted by molar-refractivity contribution is 6.30. The van der Waals surface area contributed by atoms with E-state index in [1.807, 2.05) is 42.5 Å². The quantitative estimate of drug-likeness (QED) is 0.683. The molecular formula is C23H30ClN3O2. The molecule has 1 aliphatic heterocycles. The van der Waals surface area contributed by atoms with E-state index in [1.165, 1.54) is 5.56 Å². The van der Waals surface area contributed by atoms with Gasteiger partial charge in [0, 0.05) is 43.8 Å². The summed E-state index contributed by atoms with van der Waals surface area (Å²) in [6.07, 6.45) is 0. The molecule has 0 spiro atoms. The summed E-state index contributed by atoms with van der Waals surface area (Å²) < 4.78 is 5.46. The van der Waals surface area contributed by atoms with Gasteiger partial charge in [-0.3, -0.25) is 14.6 Å². The molecule has 1 heterocycles. The summed E-state index contributed by atoms with van der Waals surface area (Å²) in [5, 5.41) is 3.74. The monoisotopic (exact) mass is 415 g/mol. The van der Waals surface area contributed by atoms with Crippen molar-refractivity contribution in [3.05, 3.63) is 70.7 Å². The maximum absolute atomic E-state index is 12.7. The van der Waals surface area contributed by atoms with Gasteiger partial charge in [-0.05, 0) is 30.2 Å². The van der Waals surface area contributed by atoms with Crippen LogP contribution in [0.5, 0.6) is 0 Å². The minimum atomic E-state index is 0.0321. The molecule has 5 nitrogen and oxygen atoms in total. The zero-order valence-corrected chi connectivity index (χ0v) is 17.8. The van der Waals surface area contributed by atoms with Crippen LogP contribution < -0.4 is 5.32 Å². The summed E-state index contributed by atoms with van der Waals surface area (Å²) >= 11 is 5.93. The molecule has 2 aromatic carbocycles. The van der Waals surface area contributed by atoms with Crippen molar-refractivity contribution in [2.45, 2.75) is 26.1 Å². The van der Waals surface area contributed by atoms with Crippen molar-refractivity contribution in [3.63, 3.8) is 0 Å². The summed E-state index contributed by atoms with van der Waals surface area (Å²) in [5.41, 5.74) is 2.26. The van der Waals surface area contributed by atoms with Crippen LogP contribution in [0.2, 0.25) is 5.02 Å². The fourth-order valence-electron chi connectivity index (χ4n) is 3.50. The molecule has 0 aromatic heterocycles. The number of ether oxygens (including phenoxy) is 1. The van der Waals surface area contributed by atoms with Crippen LogP contribution >= 0.6 is 11.6 Å². The van der Waals surface area contributed by atoms with Gasteiger partial charge in [0.25, 0.3) is 0 Å². The molecule has 0 bridgehead atoms. The molecule has 156 valence electrons. The van der Waals surface area contributed by atoms with E-state index < -0.39 is 0 Å². The average molecular weight is 416 g/mol. The van der Waals surface area contributed by atoms with Gasteiger partial charge in [0.15, 0.2) is 0 Å². The van der Waals surface area contributed by atoms with Gasteiger partial charge < -0.3 is 10.1 Å². The predicted molar refractivity (Wildman–Crippen MR) is 117 cm³/mol. The molecule has 0 saturated carbocycles. The Hall–Kier alpha value is -1.92. The molecule has 1 amide bonds. The number of rotatable bonds is 9. The lowest BCUT2D eigenvalue weighted by molar-refractivity contribution is -0.123. The van der Waals surface area contributed by atoms with Crippen LogP contribution in [0.15, 0.2) is 54.6 Å². The third kappa shape index (κ3) is 7.44. The van der Waals surface area contributed by atoms with Gasteiger partial charge >= 0.3 is 0 Å². The van der Waals surface area contributed by atoms with Crippen molar-refractivity contribution in [2.24, 2.45) is 0 Å². The van der Waals surface area contributed by atoms with Crippen LogP contribution in [0.25, 0.3) is 0 Å². The Kier molecular flexibility index (Phi) is 8.50. The lowest BCUT2D eigenvalue weighted by atomic mass is 10.1. The molecule has 6 heteroatoms. The Balaban J connectivity index is 1.58. The van der Waals surface area contributed by atoms with Gasteiger partial charge in [-0.1, -0.05) is 54.1 Å². The third-order valence-electron chi connectivity index (χ3n) is 5.23. The zero-order chi connectivity index (χ0) is 20.5. The SMILES string of the molecule is CC(CN1CCOCC1)N(CC(=O)NCc1ccc(Cl)cc1)Cc1ccccc1. The number of nitrogens with one attached hydrogen (secondary N) is 1. The molecule has 1 atom stereocenters. The van der Waals surface area contributed by atoms with Crippen LogP contribution in [0.1, 0.15) is 18.1 Å². The molecule has 1 unspecified atom stereocenters.